The van der Waals surface area contributed by atoms with Gasteiger partial charge < -0.3 is 14.3 Å². The van der Waals surface area contributed by atoms with Crippen molar-refractivity contribution < 1.29 is 28.6 Å². The van der Waals surface area contributed by atoms with Crippen LogP contribution in [0.4, 0.5) is 0 Å². The molecule has 3 aromatic rings. The second kappa shape index (κ2) is 11.1. The SMILES string of the molecule is CC1=C(C#N)C(=O)N(CCO)C(=O)/C1=C/c1ccc(-c2ccc(C(=O)OCc3ccccc3Cl)cc2)o1. The lowest BCUT2D eigenvalue weighted by atomic mass is 9.95. The average Bonchev–Trinajstić information content (AvgIpc) is 3.37. The largest absolute Gasteiger partial charge is 0.457 e. The van der Waals surface area contributed by atoms with Gasteiger partial charge in [-0.15, -0.1) is 0 Å². The second-order valence-corrected chi connectivity index (χ2v) is 8.51. The minimum atomic E-state index is -0.734. The van der Waals surface area contributed by atoms with E-state index in [1.165, 1.54) is 13.0 Å². The molecule has 1 aliphatic rings. The number of benzene rings is 2. The van der Waals surface area contributed by atoms with Gasteiger partial charge in [0.05, 0.1) is 18.7 Å². The van der Waals surface area contributed by atoms with Crippen LogP contribution in [0.25, 0.3) is 17.4 Å². The van der Waals surface area contributed by atoms with Gasteiger partial charge in [-0.3, -0.25) is 14.5 Å². The third-order valence-electron chi connectivity index (χ3n) is 5.78. The van der Waals surface area contributed by atoms with Crippen LogP contribution in [0.2, 0.25) is 5.02 Å². The number of aliphatic hydroxyl groups is 1. The molecule has 0 radical (unpaired) electrons. The number of rotatable bonds is 7. The van der Waals surface area contributed by atoms with E-state index in [-0.39, 0.29) is 29.9 Å². The highest BCUT2D eigenvalue weighted by Gasteiger charge is 2.35. The molecule has 2 amide bonds. The number of β-amino-alcohol motifs (C(OH)–C–C–N with tert-alkyl or cyclic N) is 1. The molecule has 0 spiro atoms. The molecule has 0 fully saturated rings. The molecule has 1 aromatic heterocycles. The summed E-state index contributed by atoms with van der Waals surface area (Å²) in [5.74, 6) is -1.03. The van der Waals surface area contributed by atoms with E-state index >= 15 is 0 Å². The summed E-state index contributed by atoms with van der Waals surface area (Å²) in [7, 11) is 0. The van der Waals surface area contributed by atoms with Crippen LogP contribution in [0.15, 0.2) is 81.8 Å². The Morgan fingerprint density at radius 2 is 1.84 bits per heavy atom. The molecule has 1 aliphatic heterocycles. The maximum absolute atomic E-state index is 12.8. The van der Waals surface area contributed by atoms with Crippen molar-refractivity contribution in [3.63, 3.8) is 0 Å². The van der Waals surface area contributed by atoms with Gasteiger partial charge in [0.2, 0.25) is 0 Å². The molecule has 186 valence electrons. The van der Waals surface area contributed by atoms with Crippen LogP contribution in [-0.2, 0) is 20.9 Å². The summed E-state index contributed by atoms with van der Waals surface area (Å²) < 4.78 is 11.2. The summed E-state index contributed by atoms with van der Waals surface area (Å²) in [5, 5.41) is 19.1. The molecule has 0 saturated heterocycles. The van der Waals surface area contributed by atoms with Crippen molar-refractivity contribution in [3.8, 4) is 17.4 Å². The van der Waals surface area contributed by atoms with E-state index in [1.54, 1.807) is 54.6 Å². The Labute approximate surface area is 217 Å². The van der Waals surface area contributed by atoms with Crippen molar-refractivity contribution in [2.24, 2.45) is 0 Å². The normalized spacial score (nSPS) is 14.8. The number of amides is 2. The summed E-state index contributed by atoms with van der Waals surface area (Å²) >= 11 is 6.10. The molecule has 1 N–H and O–H groups in total. The third kappa shape index (κ3) is 5.38. The number of ether oxygens (including phenoxy) is 1. The lowest BCUT2D eigenvalue weighted by molar-refractivity contribution is -0.141. The number of imide groups is 1. The number of nitriles is 1. The molecular formula is C28H21ClN2O6. The van der Waals surface area contributed by atoms with Crippen molar-refractivity contribution in [2.45, 2.75) is 13.5 Å². The van der Waals surface area contributed by atoms with E-state index in [0.29, 0.717) is 33.2 Å². The number of aliphatic hydroxyl groups excluding tert-OH is 1. The van der Waals surface area contributed by atoms with Crippen molar-refractivity contribution >= 4 is 35.5 Å². The molecule has 2 heterocycles. The summed E-state index contributed by atoms with van der Waals surface area (Å²) in [6.07, 6.45) is 1.45. The number of halogens is 1. The van der Waals surface area contributed by atoms with Crippen molar-refractivity contribution in [1.29, 1.82) is 5.26 Å². The number of hydrogen-bond donors (Lipinski definition) is 1. The van der Waals surface area contributed by atoms with Gasteiger partial charge in [-0.1, -0.05) is 41.9 Å². The zero-order chi connectivity index (χ0) is 26.5. The van der Waals surface area contributed by atoms with Gasteiger partial charge in [-0.25, -0.2) is 4.79 Å². The Morgan fingerprint density at radius 3 is 2.51 bits per heavy atom. The molecule has 0 saturated carbocycles. The molecular weight excluding hydrogens is 496 g/mol. The van der Waals surface area contributed by atoms with Crippen LogP contribution in [0.1, 0.15) is 28.6 Å². The quantitative estimate of drug-likeness (QED) is 0.278. The predicted octanol–water partition coefficient (Wildman–Crippen LogP) is 4.54. The number of furan rings is 1. The van der Waals surface area contributed by atoms with Gasteiger partial charge in [0.15, 0.2) is 0 Å². The molecule has 37 heavy (non-hydrogen) atoms. The predicted molar refractivity (Wildman–Crippen MR) is 135 cm³/mol. The van der Waals surface area contributed by atoms with Gasteiger partial charge in [-0.05, 0) is 48.9 Å². The van der Waals surface area contributed by atoms with Crippen LogP contribution in [-0.4, -0.2) is 40.9 Å². The van der Waals surface area contributed by atoms with Gasteiger partial charge in [0.1, 0.15) is 29.8 Å². The van der Waals surface area contributed by atoms with E-state index in [0.717, 1.165) is 4.90 Å². The molecule has 0 bridgehead atoms. The lowest BCUT2D eigenvalue weighted by Crippen LogP contribution is -2.44. The highest BCUT2D eigenvalue weighted by molar-refractivity contribution is 6.31. The Morgan fingerprint density at radius 1 is 1.11 bits per heavy atom. The first-order valence-corrected chi connectivity index (χ1v) is 11.6. The topological polar surface area (TPSA) is 121 Å². The number of esters is 1. The summed E-state index contributed by atoms with van der Waals surface area (Å²) in [6.45, 7) is 0.933. The molecule has 0 atom stereocenters. The smallest absolute Gasteiger partial charge is 0.338 e. The highest BCUT2D eigenvalue weighted by atomic mass is 35.5. The molecule has 4 rings (SSSR count). The highest BCUT2D eigenvalue weighted by Crippen LogP contribution is 2.29. The molecule has 9 heteroatoms. The van der Waals surface area contributed by atoms with Gasteiger partial charge in [-0.2, -0.15) is 5.26 Å². The zero-order valence-electron chi connectivity index (χ0n) is 19.7. The van der Waals surface area contributed by atoms with Gasteiger partial charge >= 0.3 is 5.97 Å². The van der Waals surface area contributed by atoms with Crippen LogP contribution >= 0.6 is 11.6 Å². The fourth-order valence-corrected chi connectivity index (χ4v) is 3.96. The van der Waals surface area contributed by atoms with E-state index in [9.17, 15) is 24.8 Å². The van der Waals surface area contributed by atoms with E-state index in [1.807, 2.05) is 12.1 Å². The average molecular weight is 517 g/mol. The standard InChI is InChI=1S/C28H21ClN2O6/c1-17-22(26(33)31(12-13-32)27(34)23(17)15-30)14-21-10-11-25(37-21)18-6-8-19(9-7-18)28(35)36-16-20-4-2-3-5-24(20)29/h2-11,14,32H,12-13,16H2,1H3/b22-14+. The first-order valence-electron chi connectivity index (χ1n) is 11.2. The first kappa shape index (κ1) is 25.6. The monoisotopic (exact) mass is 516 g/mol. The van der Waals surface area contributed by atoms with Crippen LogP contribution in [0.3, 0.4) is 0 Å². The Hall–Kier alpha value is -4.45. The van der Waals surface area contributed by atoms with Crippen LogP contribution in [0.5, 0.6) is 0 Å². The molecule has 0 unspecified atom stereocenters. The lowest BCUT2D eigenvalue weighted by Gasteiger charge is -2.26. The first-order chi connectivity index (χ1) is 17.8. The van der Waals surface area contributed by atoms with Crippen molar-refractivity contribution in [3.05, 3.63) is 99.3 Å². The van der Waals surface area contributed by atoms with Crippen LogP contribution in [0, 0.1) is 11.3 Å². The fourth-order valence-electron chi connectivity index (χ4n) is 3.77. The summed E-state index contributed by atoms with van der Waals surface area (Å²) in [6, 6.07) is 18.9. The number of carbonyl (C=O) groups excluding carboxylic acids is 3. The Balaban J connectivity index is 1.51. The van der Waals surface area contributed by atoms with Gasteiger partial charge in [0.25, 0.3) is 11.8 Å². The van der Waals surface area contributed by atoms with E-state index < -0.39 is 24.4 Å². The number of carbonyl (C=O) groups is 3. The van der Waals surface area contributed by atoms with Gasteiger partial charge in [0, 0.05) is 21.7 Å². The minimum absolute atomic E-state index is 0.0535. The minimum Gasteiger partial charge on any atom is -0.457 e. The second-order valence-electron chi connectivity index (χ2n) is 8.10. The zero-order valence-corrected chi connectivity index (χ0v) is 20.5. The number of hydrogen-bond acceptors (Lipinski definition) is 7. The third-order valence-corrected chi connectivity index (χ3v) is 6.15. The molecule has 2 aromatic carbocycles. The molecule has 0 aliphatic carbocycles. The van der Waals surface area contributed by atoms with E-state index in [4.69, 9.17) is 20.8 Å². The van der Waals surface area contributed by atoms with Crippen molar-refractivity contribution in [1.82, 2.24) is 4.90 Å². The maximum Gasteiger partial charge on any atom is 0.338 e. The summed E-state index contributed by atoms with van der Waals surface area (Å²) in [5.41, 5.74) is 1.95. The van der Waals surface area contributed by atoms with Crippen molar-refractivity contribution in [2.75, 3.05) is 13.2 Å². The fraction of sp³-hybridized carbons (Fsp3) is 0.143. The number of nitrogens with zero attached hydrogens (tertiary/aromatic N) is 2. The maximum atomic E-state index is 12.8. The van der Waals surface area contributed by atoms with Crippen LogP contribution < -0.4 is 0 Å². The Bertz CT molecular complexity index is 1480. The summed E-state index contributed by atoms with van der Waals surface area (Å²) in [4.78, 5) is 38.5. The molecule has 8 nitrogen and oxygen atoms in total. The van der Waals surface area contributed by atoms with E-state index in [2.05, 4.69) is 0 Å². The Kier molecular flexibility index (Phi) is 7.68.